The molecule has 0 bridgehead atoms. The minimum atomic E-state index is -0.823. The Morgan fingerprint density at radius 3 is 2.59 bits per heavy atom. The van der Waals surface area contributed by atoms with Crippen LogP contribution < -0.4 is 10.9 Å². The van der Waals surface area contributed by atoms with Crippen LogP contribution in [0.4, 0.5) is 5.82 Å². The third-order valence-electron chi connectivity index (χ3n) is 4.71. The van der Waals surface area contributed by atoms with Crippen molar-refractivity contribution < 1.29 is 18.7 Å². The van der Waals surface area contributed by atoms with Gasteiger partial charge >= 0.3 is 11.6 Å². The van der Waals surface area contributed by atoms with Crippen molar-refractivity contribution >= 4 is 40.3 Å². The molecule has 32 heavy (non-hydrogen) atoms. The first-order chi connectivity index (χ1) is 15.4. The number of aryl methyl sites for hydroxylation is 1. The maximum absolute atomic E-state index is 13.0. The number of hydrogen-bond acceptors (Lipinski definition) is 6. The van der Waals surface area contributed by atoms with Crippen LogP contribution in [0.15, 0.2) is 63.9 Å². The van der Waals surface area contributed by atoms with E-state index < -0.39 is 17.5 Å². The number of esters is 1. The number of halogens is 1. The van der Waals surface area contributed by atoms with Crippen LogP contribution in [0.2, 0.25) is 5.02 Å². The van der Waals surface area contributed by atoms with E-state index in [1.165, 1.54) is 16.9 Å². The Hall–Kier alpha value is -3.91. The van der Waals surface area contributed by atoms with Crippen molar-refractivity contribution in [2.75, 3.05) is 11.9 Å². The maximum atomic E-state index is 13.0. The molecule has 0 saturated heterocycles. The molecule has 1 amide bonds. The summed E-state index contributed by atoms with van der Waals surface area (Å²) in [5.74, 6) is -1.35. The van der Waals surface area contributed by atoms with Crippen molar-refractivity contribution in [2.24, 2.45) is 0 Å². The number of benzene rings is 2. The summed E-state index contributed by atoms with van der Waals surface area (Å²) in [6.45, 7) is 3.76. The van der Waals surface area contributed by atoms with Crippen molar-refractivity contribution in [3.63, 3.8) is 0 Å². The summed E-state index contributed by atoms with van der Waals surface area (Å²) in [6, 6.07) is 13.4. The number of hydrogen-bond donors (Lipinski definition) is 1. The first kappa shape index (κ1) is 21.3. The minimum absolute atomic E-state index is 0.0500. The van der Waals surface area contributed by atoms with Crippen LogP contribution in [0.3, 0.4) is 0 Å². The topological polar surface area (TPSA) is 103 Å². The summed E-state index contributed by atoms with van der Waals surface area (Å²) in [5.41, 5.74) is 0.924. The molecule has 1 N–H and O–H groups in total. The molecule has 0 saturated carbocycles. The summed E-state index contributed by atoms with van der Waals surface area (Å²) in [7, 11) is 0. The van der Waals surface area contributed by atoms with E-state index in [9.17, 15) is 14.4 Å². The van der Waals surface area contributed by atoms with E-state index >= 15 is 0 Å². The average molecular weight is 452 g/mol. The summed E-state index contributed by atoms with van der Waals surface area (Å²) in [5, 5.41) is 7.76. The number of nitrogens with one attached hydrogen (secondary N) is 1. The van der Waals surface area contributed by atoms with Gasteiger partial charge in [-0.25, -0.2) is 14.3 Å². The first-order valence-corrected chi connectivity index (χ1v) is 10.1. The lowest BCUT2D eigenvalue weighted by Gasteiger charge is -2.11. The summed E-state index contributed by atoms with van der Waals surface area (Å²) in [4.78, 5) is 37.9. The lowest BCUT2D eigenvalue weighted by atomic mass is 10.1. The van der Waals surface area contributed by atoms with Crippen molar-refractivity contribution in [3.8, 4) is 5.69 Å². The van der Waals surface area contributed by atoms with Gasteiger partial charge in [-0.1, -0.05) is 29.3 Å². The van der Waals surface area contributed by atoms with Crippen LogP contribution in [0.25, 0.3) is 16.7 Å². The number of fused-ring (bicyclic) bond motifs is 1. The van der Waals surface area contributed by atoms with Crippen molar-refractivity contribution in [3.05, 3.63) is 86.9 Å². The van der Waals surface area contributed by atoms with E-state index in [0.717, 1.165) is 5.56 Å². The number of amides is 1. The largest absolute Gasteiger partial charge is 0.462 e. The molecule has 0 unspecified atom stereocenters. The van der Waals surface area contributed by atoms with Crippen LogP contribution in [0, 0.1) is 6.92 Å². The Balaban J connectivity index is 1.78. The first-order valence-electron chi connectivity index (χ1n) is 9.74. The zero-order valence-corrected chi connectivity index (χ0v) is 18.0. The van der Waals surface area contributed by atoms with Gasteiger partial charge in [0.25, 0.3) is 5.91 Å². The van der Waals surface area contributed by atoms with E-state index in [1.54, 1.807) is 37.3 Å². The van der Waals surface area contributed by atoms with Gasteiger partial charge in [-0.15, -0.1) is 0 Å². The van der Waals surface area contributed by atoms with E-state index in [-0.39, 0.29) is 23.6 Å². The molecule has 4 rings (SSSR count). The second-order valence-electron chi connectivity index (χ2n) is 6.96. The summed E-state index contributed by atoms with van der Waals surface area (Å²) < 4.78 is 11.7. The highest BCUT2D eigenvalue weighted by molar-refractivity contribution is 6.31. The molecule has 4 aromatic rings. The summed E-state index contributed by atoms with van der Waals surface area (Å²) in [6.07, 6.45) is 1.30. The molecule has 2 heterocycles. The third kappa shape index (κ3) is 4.13. The van der Waals surface area contributed by atoms with Gasteiger partial charge in [0.2, 0.25) is 0 Å². The highest BCUT2D eigenvalue weighted by atomic mass is 35.5. The molecule has 162 valence electrons. The Morgan fingerprint density at radius 2 is 1.88 bits per heavy atom. The van der Waals surface area contributed by atoms with Gasteiger partial charge in [-0.2, -0.15) is 5.10 Å². The van der Waals surface area contributed by atoms with Crippen molar-refractivity contribution in [1.82, 2.24) is 9.78 Å². The number of anilines is 1. The lowest BCUT2D eigenvalue weighted by Crippen LogP contribution is -2.23. The van der Waals surface area contributed by atoms with Crippen molar-refractivity contribution in [1.29, 1.82) is 0 Å². The normalized spacial score (nSPS) is 10.8. The van der Waals surface area contributed by atoms with Crippen LogP contribution >= 0.6 is 11.6 Å². The Kier molecular flexibility index (Phi) is 5.79. The number of ether oxygens (including phenoxy) is 1. The highest BCUT2D eigenvalue weighted by Crippen LogP contribution is 2.23. The molecule has 0 atom stereocenters. The molecular formula is C23H18ClN3O5. The predicted molar refractivity (Wildman–Crippen MR) is 120 cm³/mol. The van der Waals surface area contributed by atoms with Gasteiger partial charge < -0.3 is 14.5 Å². The zero-order chi connectivity index (χ0) is 22.8. The summed E-state index contributed by atoms with van der Waals surface area (Å²) >= 11 is 6.01. The van der Waals surface area contributed by atoms with E-state index in [2.05, 4.69) is 10.4 Å². The van der Waals surface area contributed by atoms with Crippen LogP contribution in [-0.4, -0.2) is 28.3 Å². The van der Waals surface area contributed by atoms with Crippen molar-refractivity contribution in [2.45, 2.75) is 13.8 Å². The lowest BCUT2D eigenvalue weighted by molar-refractivity contribution is 0.0527. The standard InChI is InChI=1S/C23H18ClN3O5/c1-3-31-22(29)18-12-25-27(16-7-4-13(2)5-8-16)20(18)26-21(28)17-11-14-10-15(24)6-9-19(14)32-23(17)30/h4-12H,3H2,1-2H3,(H,26,28). The van der Waals surface area contributed by atoms with Gasteiger partial charge in [0.1, 0.15) is 16.7 Å². The molecule has 0 fully saturated rings. The fourth-order valence-corrected chi connectivity index (χ4v) is 3.32. The molecule has 9 heteroatoms. The maximum Gasteiger partial charge on any atom is 0.349 e. The fraction of sp³-hybridized carbons (Fsp3) is 0.130. The van der Waals surface area contributed by atoms with E-state index in [1.807, 2.05) is 19.1 Å². The SMILES string of the molecule is CCOC(=O)c1cnn(-c2ccc(C)cc2)c1NC(=O)c1cc2cc(Cl)ccc2oc1=O. The van der Waals surface area contributed by atoms with Crippen LogP contribution in [0.1, 0.15) is 33.2 Å². The molecule has 0 radical (unpaired) electrons. The second kappa shape index (κ2) is 8.68. The zero-order valence-electron chi connectivity index (χ0n) is 17.2. The molecule has 2 aromatic heterocycles. The van der Waals surface area contributed by atoms with Gasteiger partial charge in [0.05, 0.1) is 18.5 Å². The highest BCUT2D eigenvalue weighted by Gasteiger charge is 2.23. The molecular weight excluding hydrogens is 434 g/mol. The molecule has 0 spiro atoms. The van der Waals surface area contributed by atoms with Gasteiger partial charge in [0, 0.05) is 10.4 Å². The predicted octanol–water partition coefficient (Wildman–Crippen LogP) is 4.37. The van der Waals surface area contributed by atoms with Crippen LogP contribution in [0.5, 0.6) is 0 Å². The number of carbonyl (C=O) groups excluding carboxylic acids is 2. The Labute approximate surface area is 187 Å². The minimum Gasteiger partial charge on any atom is -0.462 e. The molecule has 8 nitrogen and oxygen atoms in total. The van der Waals surface area contributed by atoms with Gasteiger partial charge in [-0.05, 0) is 50.2 Å². The monoisotopic (exact) mass is 451 g/mol. The average Bonchev–Trinajstić information content (AvgIpc) is 3.17. The van der Waals surface area contributed by atoms with Gasteiger partial charge in [-0.3, -0.25) is 4.79 Å². The molecule has 0 aliphatic carbocycles. The third-order valence-corrected chi connectivity index (χ3v) is 4.95. The molecule has 0 aliphatic rings. The number of nitrogens with zero attached hydrogens (tertiary/aromatic N) is 2. The Morgan fingerprint density at radius 1 is 1.12 bits per heavy atom. The van der Waals surface area contributed by atoms with Gasteiger partial charge in [0.15, 0.2) is 5.82 Å². The van der Waals surface area contributed by atoms with Crippen LogP contribution in [-0.2, 0) is 4.74 Å². The molecule has 2 aromatic carbocycles. The quantitative estimate of drug-likeness (QED) is 0.357. The molecule has 0 aliphatic heterocycles. The Bertz CT molecular complexity index is 1390. The smallest absolute Gasteiger partial charge is 0.349 e. The number of aromatic nitrogens is 2. The van der Waals surface area contributed by atoms with E-state index in [0.29, 0.717) is 21.7 Å². The second-order valence-corrected chi connectivity index (χ2v) is 7.39. The number of rotatable bonds is 5. The number of carbonyl (C=O) groups is 2. The fourth-order valence-electron chi connectivity index (χ4n) is 3.14. The van der Waals surface area contributed by atoms with E-state index in [4.69, 9.17) is 20.8 Å².